The molecule has 6 heteroatoms. The molecule has 0 radical (unpaired) electrons. The van der Waals surface area contributed by atoms with Gasteiger partial charge >= 0.3 is 5.97 Å². The fourth-order valence-corrected chi connectivity index (χ4v) is 9.99. The van der Waals surface area contributed by atoms with Crippen LogP contribution < -0.4 is 5.32 Å². The highest BCUT2D eigenvalue weighted by atomic mass is 16.5. The van der Waals surface area contributed by atoms with Crippen molar-refractivity contribution in [3.8, 4) is 0 Å². The highest BCUT2D eigenvalue weighted by Gasteiger charge is 2.20. The van der Waals surface area contributed by atoms with Crippen LogP contribution in [0, 0.1) is 0 Å². The van der Waals surface area contributed by atoms with E-state index >= 15 is 0 Å². The van der Waals surface area contributed by atoms with Gasteiger partial charge in [-0.1, -0.05) is 302 Å². The molecular weight excluding hydrogens is 851 g/mol. The van der Waals surface area contributed by atoms with Crippen LogP contribution in [-0.2, 0) is 14.3 Å². The molecule has 0 aromatic rings. The Labute approximate surface area is 431 Å². The van der Waals surface area contributed by atoms with Crippen molar-refractivity contribution < 1.29 is 24.5 Å². The van der Waals surface area contributed by atoms with Gasteiger partial charge in [-0.05, 0) is 51.4 Å². The molecule has 0 aliphatic heterocycles. The Morgan fingerprint density at radius 2 is 0.681 bits per heavy atom. The highest BCUT2D eigenvalue weighted by molar-refractivity contribution is 5.76. The number of allylic oxidation sites excluding steroid dienone is 2. The van der Waals surface area contributed by atoms with E-state index in [9.17, 15) is 19.8 Å². The summed E-state index contributed by atoms with van der Waals surface area (Å²) >= 11 is 0. The predicted octanol–water partition coefficient (Wildman–Crippen LogP) is 19.6. The SMILES string of the molecule is CCCCCCCCCCCCCCCCCCCCCCCCCCC(O)C(CO)NC(=O)CCCCCC/C=C\CCCCOC(=O)CCCCCCCCCCCCCCCCCCCC. The molecule has 2 unspecified atom stereocenters. The number of amides is 1. The van der Waals surface area contributed by atoms with Crippen LogP contribution in [-0.4, -0.2) is 47.4 Å². The first-order chi connectivity index (χ1) is 34.0. The number of ether oxygens (including phenoxy) is 1. The Balaban J connectivity index is 3.47. The molecule has 0 saturated carbocycles. The molecule has 0 aromatic carbocycles. The van der Waals surface area contributed by atoms with Crippen LogP contribution in [0.5, 0.6) is 0 Å². The monoisotopic (exact) mass is 974 g/mol. The van der Waals surface area contributed by atoms with Gasteiger partial charge in [0.2, 0.25) is 5.91 Å². The lowest BCUT2D eigenvalue weighted by atomic mass is 10.0. The molecule has 6 nitrogen and oxygen atoms in total. The van der Waals surface area contributed by atoms with E-state index in [-0.39, 0.29) is 18.5 Å². The summed E-state index contributed by atoms with van der Waals surface area (Å²) in [6.45, 7) is 4.90. The standard InChI is InChI=1S/C63H123NO5/c1-3-5-7-9-11-13-15-17-19-21-23-24-25-26-27-28-29-31-33-35-39-43-47-51-55-61(66)60(59-65)64-62(67)56-52-48-44-40-37-38-42-46-50-54-58-69-63(68)57-53-49-45-41-36-34-32-30-22-20-18-16-14-12-10-8-6-4-2/h38,42,60-61,65-66H,3-37,39-41,43-59H2,1-2H3,(H,64,67)/b42-38-. The number of carbonyl (C=O) groups is 2. The quantitative estimate of drug-likeness (QED) is 0.0321. The van der Waals surface area contributed by atoms with Crippen molar-refractivity contribution in [1.29, 1.82) is 0 Å². The van der Waals surface area contributed by atoms with Crippen molar-refractivity contribution in [2.75, 3.05) is 13.2 Å². The number of carbonyl (C=O) groups excluding carboxylic acids is 2. The smallest absolute Gasteiger partial charge is 0.305 e. The lowest BCUT2D eigenvalue weighted by molar-refractivity contribution is -0.143. The molecule has 69 heavy (non-hydrogen) atoms. The van der Waals surface area contributed by atoms with E-state index in [0.717, 1.165) is 77.0 Å². The van der Waals surface area contributed by atoms with E-state index in [0.29, 0.717) is 25.9 Å². The normalized spacial score (nSPS) is 12.6. The molecule has 0 saturated heterocycles. The molecule has 1 amide bonds. The van der Waals surface area contributed by atoms with Crippen LogP contribution in [0.4, 0.5) is 0 Å². The van der Waals surface area contributed by atoms with Gasteiger partial charge in [0.1, 0.15) is 0 Å². The van der Waals surface area contributed by atoms with Crippen LogP contribution in [0.25, 0.3) is 0 Å². The maximum atomic E-state index is 12.5. The summed E-state index contributed by atoms with van der Waals surface area (Å²) < 4.78 is 5.46. The summed E-state index contributed by atoms with van der Waals surface area (Å²) in [7, 11) is 0. The van der Waals surface area contributed by atoms with Crippen LogP contribution in [0.3, 0.4) is 0 Å². The number of hydrogen-bond acceptors (Lipinski definition) is 5. The third kappa shape index (κ3) is 55.8. The van der Waals surface area contributed by atoms with Crippen LogP contribution in [0.2, 0.25) is 0 Å². The summed E-state index contributed by atoms with van der Waals surface area (Å²) in [5, 5.41) is 23.4. The summed E-state index contributed by atoms with van der Waals surface area (Å²) in [6.07, 6.45) is 70.8. The second-order valence-electron chi connectivity index (χ2n) is 21.7. The number of rotatable bonds is 59. The molecule has 0 spiro atoms. The van der Waals surface area contributed by atoms with Crippen LogP contribution >= 0.6 is 0 Å². The number of nitrogens with one attached hydrogen (secondary N) is 1. The summed E-state index contributed by atoms with van der Waals surface area (Å²) in [5.74, 6) is -0.0964. The second-order valence-corrected chi connectivity index (χ2v) is 21.7. The first-order valence-corrected chi connectivity index (χ1v) is 31.4. The fraction of sp³-hybridized carbons (Fsp3) is 0.937. The van der Waals surface area contributed by atoms with Gasteiger partial charge in [0, 0.05) is 12.8 Å². The van der Waals surface area contributed by atoms with Gasteiger partial charge in [-0.15, -0.1) is 0 Å². The summed E-state index contributed by atoms with van der Waals surface area (Å²) in [6, 6.07) is -0.567. The minimum atomic E-state index is -0.686. The molecular formula is C63H123NO5. The second kappa shape index (κ2) is 59.2. The fourth-order valence-electron chi connectivity index (χ4n) is 9.99. The zero-order valence-corrected chi connectivity index (χ0v) is 46.8. The third-order valence-corrected chi connectivity index (χ3v) is 14.8. The minimum Gasteiger partial charge on any atom is -0.466 e. The molecule has 0 fully saturated rings. The Morgan fingerprint density at radius 3 is 1.03 bits per heavy atom. The van der Waals surface area contributed by atoms with Crippen LogP contribution in [0.15, 0.2) is 12.2 Å². The van der Waals surface area contributed by atoms with Crippen LogP contribution in [0.1, 0.15) is 354 Å². The molecule has 0 rings (SSSR count). The first-order valence-electron chi connectivity index (χ1n) is 31.4. The lowest BCUT2D eigenvalue weighted by Gasteiger charge is -2.22. The minimum absolute atomic E-state index is 0.0305. The maximum absolute atomic E-state index is 12.5. The molecule has 2 atom stereocenters. The van der Waals surface area contributed by atoms with Crippen molar-refractivity contribution in [3.63, 3.8) is 0 Å². The first kappa shape index (κ1) is 67.6. The molecule has 0 bridgehead atoms. The van der Waals surface area contributed by atoms with Gasteiger partial charge in [-0.2, -0.15) is 0 Å². The third-order valence-electron chi connectivity index (χ3n) is 14.8. The Morgan fingerprint density at radius 1 is 0.391 bits per heavy atom. The van der Waals surface area contributed by atoms with Gasteiger partial charge < -0.3 is 20.3 Å². The van der Waals surface area contributed by atoms with Crippen molar-refractivity contribution in [1.82, 2.24) is 5.32 Å². The van der Waals surface area contributed by atoms with Gasteiger partial charge in [0.05, 0.1) is 25.4 Å². The summed E-state index contributed by atoms with van der Waals surface area (Å²) in [5.41, 5.74) is 0. The van der Waals surface area contributed by atoms with Gasteiger partial charge in [0.25, 0.3) is 0 Å². The van der Waals surface area contributed by atoms with E-state index in [1.54, 1.807) is 0 Å². The Kier molecular flexibility index (Phi) is 58.0. The van der Waals surface area contributed by atoms with E-state index < -0.39 is 12.1 Å². The highest BCUT2D eigenvalue weighted by Crippen LogP contribution is 2.18. The van der Waals surface area contributed by atoms with Crippen molar-refractivity contribution in [2.24, 2.45) is 0 Å². The average molecular weight is 975 g/mol. The average Bonchev–Trinajstić information content (AvgIpc) is 3.35. The Hall–Kier alpha value is -1.40. The molecule has 0 aliphatic rings. The van der Waals surface area contributed by atoms with Gasteiger partial charge in [-0.25, -0.2) is 0 Å². The molecule has 3 N–H and O–H groups in total. The molecule has 0 aliphatic carbocycles. The molecule has 0 heterocycles. The zero-order valence-electron chi connectivity index (χ0n) is 46.8. The van der Waals surface area contributed by atoms with E-state index in [1.807, 2.05) is 0 Å². The van der Waals surface area contributed by atoms with E-state index in [2.05, 4.69) is 31.3 Å². The van der Waals surface area contributed by atoms with Gasteiger partial charge in [-0.3, -0.25) is 9.59 Å². The predicted molar refractivity (Wildman–Crippen MR) is 301 cm³/mol. The number of aliphatic hydroxyl groups is 2. The van der Waals surface area contributed by atoms with Gasteiger partial charge in [0.15, 0.2) is 0 Å². The largest absolute Gasteiger partial charge is 0.466 e. The zero-order chi connectivity index (χ0) is 50.0. The molecule has 0 aromatic heterocycles. The number of unbranched alkanes of at least 4 members (excludes halogenated alkanes) is 46. The topological polar surface area (TPSA) is 95.9 Å². The number of esters is 1. The van der Waals surface area contributed by atoms with E-state index in [1.165, 1.54) is 244 Å². The number of aliphatic hydroxyl groups excluding tert-OH is 2. The Bertz CT molecular complexity index is 1030. The summed E-state index contributed by atoms with van der Waals surface area (Å²) in [4.78, 5) is 24.6. The molecule has 410 valence electrons. The lowest BCUT2D eigenvalue weighted by Crippen LogP contribution is -2.45. The maximum Gasteiger partial charge on any atom is 0.305 e. The van der Waals surface area contributed by atoms with E-state index in [4.69, 9.17) is 4.74 Å². The van der Waals surface area contributed by atoms with Crippen molar-refractivity contribution in [2.45, 2.75) is 366 Å². The van der Waals surface area contributed by atoms with Crippen molar-refractivity contribution in [3.05, 3.63) is 12.2 Å². The van der Waals surface area contributed by atoms with Crippen molar-refractivity contribution >= 4 is 11.9 Å². The number of hydrogen-bond donors (Lipinski definition) is 3.